The predicted octanol–water partition coefficient (Wildman–Crippen LogP) is 1.80. The number of carbonyl (C=O) groups is 1. The lowest BCUT2D eigenvalue weighted by Crippen LogP contribution is -2.46. The van der Waals surface area contributed by atoms with Gasteiger partial charge in [0, 0.05) is 36.2 Å². The number of hydrogen-bond acceptors (Lipinski definition) is 2. The Bertz CT molecular complexity index is 400. The van der Waals surface area contributed by atoms with Crippen molar-refractivity contribution in [2.45, 2.75) is 6.92 Å². The molecule has 2 rings (SSSR count). The predicted molar refractivity (Wildman–Crippen MR) is 67.7 cm³/mol. The van der Waals surface area contributed by atoms with E-state index in [-0.39, 0.29) is 5.91 Å². The van der Waals surface area contributed by atoms with Gasteiger partial charge in [-0.1, -0.05) is 15.9 Å². The van der Waals surface area contributed by atoms with Crippen LogP contribution in [0.15, 0.2) is 22.7 Å². The molecule has 86 valence electrons. The topological polar surface area (TPSA) is 32.3 Å². The van der Waals surface area contributed by atoms with E-state index in [1.807, 2.05) is 30.0 Å². The first-order chi connectivity index (χ1) is 7.68. The summed E-state index contributed by atoms with van der Waals surface area (Å²) in [4.78, 5) is 14.0. The van der Waals surface area contributed by atoms with Gasteiger partial charge >= 0.3 is 0 Å². The summed E-state index contributed by atoms with van der Waals surface area (Å²) in [5.74, 6) is 0.136. The van der Waals surface area contributed by atoms with E-state index in [9.17, 15) is 4.79 Å². The van der Waals surface area contributed by atoms with Crippen molar-refractivity contribution >= 4 is 21.8 Å². The quantitative estimate of drug-likeness (QED) is 0.852. The van der Waals surface area contributed by atoms with E-state index >= 15 is 0 Å². The third kappa shape index (κ3) is 2.44. The van der Waals surface area contributed by atoms with Gasteiger partial charge < -0.3 is 10.2 Å². The Morgan fingerprint density at radius 1 is 1.38 bits per heavy atom. The maximum absolute atomic E-state index is 12.1. The first kappa shape index (κ1) is 11.6. The summed E-state index contributed by atoms with van der Waals surface area (Å²) in [5, 5.41) is 3.24. The van der Waals surface area contributed by atoms with Crippen LogP contribution < -0.4 is 5.32 Å². The fourth-order valence-electron chi connectivity index (χ4n) is 1.83. The van der Waals surface area contributed by atoms with E-state index in [0.717, 1.165) is 41.8 Å². The maximum atomic E-state index is 12.1. The zero-order valence-electron chi connectivity index (χ0n) is 9.29. The van der Waals surface area contributed by atoms with Gasteiger partial charge in [-0.05, 0) is 30.7 Å². The van der Waals surface area contributed by atoms with Crippen molar-refractivity contribution in [2.75, 3.05) is 26.2 Å². The SMILES string of the molecule is Cc1cc(C(=O)N2CCNCC2)ccc1Br. The van der Waals surface area contributed by atoms with Gasteiger partial charge in [0.1, 0.15) is 0 Å². The zero-order valence-corrected chi connectivity index (χ0v) is 10.9. The van der Waals surface area contributed by atoms with Crippen LogP contribution in [0.25, 0.3) is 0 Å². The van der Waals surface area contributed by atoms with E-state index in [2.05, 4.69) is 21.2 Å². The summed E-state index contributed by atoms with van der Waals surface area (Å²) in [7, 11) is 0. The van der Waals surface area contributed by atoms with Crippen LogP contribution in [-0.2, 0) is 0 Å². The number of hydrogen-bond donors (Lipinski definition) is 1. The molecular formula is C12H15BrN2O. The average Bonchev–Trinajstić information content (AvgIpc) is 2.33. The lowest BCUT2D eigenvalue weighted by Gasteiger charge is -2.27. The Labute approximate surface area is 104 Å². The van der Waals surface area contributed by atoms with Crippen LogP contribution in [0.1, 0.15) is 15.9 Å². The van der Waals surface area contributed by atoms with E-state index in [0.29, 0.717) is 0 Å². The van der Waals surface area contributed by atoms with E-state index in [1.54, 1.807) is 0 Å². The number of carbonyl (C=O) groups excluding carboxylic acids is 1. The largest absolute Gasteiger partial charge is 0.336 e. The molecule has 1 N–H and O–H groups in total. The summed E-state index contributed by atoms with van der Waals surface area (Å²) in [6.07, 6.45) is 0. The van der Waals surface area contributed by atoms with Gasteiger partial charge in [-0.2, -0.15) is 0 Å². The van der Waals surface area contributed by atoms with E-state index in [1.165, 1.54) is 0 Å². The second kappa shape index (κ2) is 4.97. The van der Waals surface area contributed by atoms with Gasteiger partial charge in [0.05, 0.1) is 0 Å². The molecule has 1 aromatic rings. The smallest absolute Gasteiger partial charge is 0.253 e. The third-order valence-electron chi connectivity index (χ3n) is 2.81. The molecule has 1 aliphatic rings. The van der Waals surface area contributed by atoms with Crippen molar-refractivity contribution in [1.29, 1.82) is 0 Å². The van der Waals surface area contributed by atoms with Crippen LogP contribution in [0.2, 0.25) is 0 Å². The Morgan fingerprint density at radius 2 is 2.06 bits per heavy atom. The molecule has 0 atom stereocenters. The van der Waals surface area contributed by atoms with E-state index < -0.39 is 0 Å². The third-order valence-corrected chi connectivity index (χ3v) is 3.70. The van der Waals surface area contributed by atoms with Crippen molar-refractivity contribution in [3.05, 3.63) is 33.8 Å². The molecule has 1 aliphatic heterocycles. The van der Waals surface area contributed by atoms with Gasteiger partial charge in [0.2, 0.25) is 0 Å². The molecule has 0 unspecified atom stereocenters. The molecule has 1 saturated heterocycles. The van der Waals surface area contributed by atoms with Crippen molar-refractivity contribution in [2.24, 2.45) is 0 Å². The maximum Gasteiger partial charge on any atom is 0.253 e. The number of amides is 1. The van der Waals surface area contributed by atoms with Crippen molar-refractivity contribution in [3.63, 3.8) is 0 Å². The first-order valence-corrected chi connectivity index (χ1v) is 6.24. The molecule has 1 heterocycles. The minimum Gasteiger partial charge on any atom is -0.336 e. The van der Waals surface area contributed by atoms with Gasteiger partial charge in [-0.25, -0.2) is 0 Å². The Hall–Kier alpha value is -0.870. The number of rotatable bonds is 1. The van der Waals surface area contributed by atoms with Crippen LogP contribution in [0, 0.1) is 6.92 Å². The molecule has 0 spiro atoms. The fourth-order valence-corrected chi connectivity index (χ4v) is 2.07. The zero-order chi connectivity index (χ0) is 11.5. The monoisotopic (exact) mass is 282 g/mol. The van der Waals surface area contributed by atoms with Crippen LogP contribution >= 0.6 is 15.9 Å². The lowest BCUT2D eigenvalue weighted by molar-refractivity contribution is 0.0735. The summed E-state index contributed by atoms with van der Waals surface area (Å²) < 4.78 is 1.05. The Morgan fingerprint density at radius 3 is 2.69 bits per heavy atom. The number of nitrogens with zero attached hydrogens (tertiary/aromatic N) is 1. The van der Waals surface area contributed by atoms with Crippen molar-refractivity contribution in [1.82, 2.24) is 10.2 Å². The summed E-state index contributed by atoms with van der Waals surface area (Å²) in [5.41, 5.74) is 1.88. The minimum atomic E-state index is 0.136. The van der Waals surface area contributed by atoms with Crippen LogP contribution in [0.4, 0.5) is 0 Å². The molecule has 1 amide bonds. The van der Waals surface area contributed by atoms with Gasteiger partial charge in [0.25, 0.3) is 5.91 Å². The van der Waals surface area contributed by atoms with Gasteiger partial charge in [0.15, 0.2) is 0 Å². The second-order valence-corrected chi connectivity index (χ2v) is 4.86. The number of nitrogens with one attached hydrogen (secondary N) is 1. The molecule has 0 saturated carbocycles. The average molecular weight is 283 g/mol. The first-order valence-electron chi connectivity index (χ1n) is 5.44. The molecule has 0 radical (unpaired) electrons. The van der Waals surface area contributed by atoms with E-state index in [4.69, 9.17) is 0 Å². The standard InChI is InChI=1S/C12H15BrN2O/c1-9-8-10(2-3-11(9)13)12(16)15-6-4-14-5-7-15/h2-3,8,14H,4-7H2,1H3. The minimum absolute atomic E-state index is 0.136. The van der Waals surface area contributed by atoms with Crippen LogP contribution in [0.3, 0.4) is 0 Å². The highest BCUT2D eigenvalue weighted by molar-refractivity contribution is 9.10. The van der Waals surface area contributed by atoms with Crippen LogP contribution in [-0.4, -0.2) is 37.0 Å². The summed E-state index contributed by atoms with van der Waals surface area (Å²) in [6, 6.07) is 5.75. The Kier molecular flexibility index (Phi) is 3.61. The number of aryl methyl sites for hydroxylation is 1. The number of piperazine rings is 1. The number of benzene rings is 1. The number of halogens is 1. The second-order valence-electron chi connectivity index (χ2n) is 4.01. The summed E-state index contributed by atoms with van der Waals surface area (Å²) >= 11 is 3.44. The molecule has 0 aromatic heterocycles. The normalized spacial score (nSPS) is 16.2. The highest BCUT2D eigenvalue weighted by atomic mass is 79.9. The summed E-state index contributed by atoms with van der Waals surface area (Å²) in [6.45, 7) is 5.38. The van der Waals surface area contributed by atoms with Crippen molar-refractivity contribution in [3.8, 4) is 0 Å². The van der Waals surface area contributed by atoms with Crippen molar-refractivity contribution < 1.29 is 4.79 Å². The Balaban J connectivity index is 2.16. The molecule has 1 fully saturated rings. The lowest BCUT2D eigenvalue weighted by atomic mass is 10.1. The van der Waals surface area contributed by atoms with Gasteiger partial charge in [-0.3, -0.25) is 4.79 Å². The van der Waals surface area contributed by atoms with Gasteiger partial charge in [-0.15, -0.1) is 0 Å². The highest BCUT2D eigenvalue weighted by Gasteiger charge is 2.17. The molecule has 16 heavy (non-hydrogen) atoms. The molecule has 3 nitrogen and oxygen atoms in total. The highest BCUT2D eigenvalue weighted by Crippen LogP contribution is 2.18. The fraction of sp³-hybridized carbons (Fsp3) is 0.417. The molecule has 0 aliphatic carbocycles. The molecule has 0 bridgehead atoms. The van der Waals surface area contributed by atoms with Crippen LogP contribution in [0.5, 0.6) is 0 Å². The molecule has 1 aromatic carbocycles. The molecular weight excluding hydrogens is 268 g/mol. The molecule has 4 heteroatoms.